The highest BCUT2D eigenvalue weighted by Crippen LogP contribution is 2.23. The van der Waals surface area contributed by atoms with Crippen LogP contribution in [0.5, 0.6) is 11.8 Å². The number of nitrogens with zero attached hydrogens (tertiary/aromatic N) is 4. The fraction of sp³-hybridized carbons (Fsp3) is 0.130. The highest BCUT2D eigenvalue weighted by molar-refractivity contribution is 6.32. The van der Waals surface area contributed by atoms with Crippen molar-refractivity contribution in [1.29, 1.82) is 0 Å². The van der Waals surface area contributed by atoms with Crippen LogP contribution in [0.25, 0.3) is 11.3 Å². The second-order valence-electron chi connectivity index (χ2n) is 6.83. The maximum absolute atomic E-state index is 5.77. The molecule has 4 heterocycles. The van der Waals surface area contributed by atoms with E-state index in [1.165, 1.54) is 19.2 Å². The number of halogens is 3. The Morgan fingerprint density at radius 1 is 0.657 bits per heavy atom. The number of aryl methyl sites for hydroxylation is 1. The van der Waals surface area contributed by atoms with Gasteiger partial charge in [-0.15, -0.1) is 0 Å². The van der Waals surface area contributed by atoms with E-state index in [1.54, 1.807) is 31.5 Å². The van der Waals surface area contributed by atoms with Crippen LogP contribution in [0.15, 0.2) is 54.7 Å². The third-order valence-electron chi connectivity index (χ3n) is 4.01. The van der Waals surface area contributed by atoms with Gasteiger partial charge in [0, 0.05) is 46.6 Å². The SMILES string of the molecule is COc1cc(N)cc(-c2ccnc(C)c2)n1.COc1cc(N)cc(Cl)n1.Nc1cc(Cl)nc(Cl)c1. The number of anilines is 3. The normalized spacial score (nSPS) is 9.77. The van der Waals surface area contributed by atoms with Crippen LogP contribution in [0.4, 0.5) is 17.1 Å². The molecular formula is C23H24Cl3N7O2. The number of pyridine rings is 4. The van der Waals surface area contributed by atoms with Gasteiger partial charge in [-0.25, -0.2) is 15.0 Å². The summed E-state index contributed by atoms with van der Waals surface area (Å²) in [6.07, 6.45) is 1.75. The van der Waals surface area contributed by atoms with Crippen molar-refractivity contribution >= 4 is 51.9 Å². The number of rotatable bonds is 3. The minimum absolute atomic E-state index is 0.319. The third-order valence-corrected chi connectivity index (χ3v) is 4.59. The van der Waals surface area contributed by atoms with Gasteiger partial charge in [0.25, 0.3) is 0 Å². The molecule has 4 aromatic rings. The van der Waals surface area contributed by atoms with Crippen molar-refractivity contribution in [3.63, 3.8) is 0 Å². The van der Waals surface area contributed by atoms with Gasteiger partial charge in [-0.05, 0) is 43.3 Å². The first-order chi connectivity index (χ1) is 16.6. The van der Waals surface area contributed by atoms with Gasteiger partial charge < -0.3 is 26.7 Å². The summed E-state index contributed by atoms with van der Waals surface area (Å²) in [4.78, 5) is 16.0. The summed E-state index contributed by atoms with van der Waals surface area (Å²) in [5, 5.41) is 0.983. The maximum atomic E-state index is 5.77. The van der Waals surface area contributed by atoms with Crippen LogP contribution >= 0.6 is 34.8 Å². The zero-order valence-corrected chi connectivity index (χ0v) is 21.4. The Kier molecular flexibility index (Phi) is 10.6. The fourth-order valence-electron chi connectivity index (χ4n) is 2.56. The van der Waals surface area contributed by atoms with Crippen LogP contribution in [0.2, 0.25) is 15.5 Å². The minimum Gasteiger partial charge on any atom is -0.481 e. The Bertz CT molecular complexity index is 1210. The monoisotopic (exact) mass is 535 g/mol. The van der Waals surface area contributed by atoms with Crippen LogP contribution in [0.3, 0.4) is 0 Å². The van der Waals surface area contributed by atoms with Crippen LogP contribution < -0.4 is 26.7 Å². The molecule has 0 spiro atoms. The Morgan fingerprint density at radius 2 is 1.14 bits per heavy atom. The molecule has 184 valence electrons. The lowest BCUT2D eigenvalue weighted by atomic mass is 10.1. The lowest BCUT2D eigenvalue weighted by Gasteiger charge is -2.06. The summed E-state index contributed by atoms with van der Waals surface area (Å²) < 4.78 is 9.88. The van der Waals surface area contributed by atoms with Gasteiger partial charge in [0.15, 0.2) is 0 Å². The molecule has 0 saturated heterocycles. The van der Waals surface area contributed by atoms with E-state index in [1.807, 2.05) is 25.1 Å². The minimum atomic E-state index is 0.319. The number of hydrogen-bond donors (Lipinski definition) is 3. The molecule has 4 rings (SSSR count). The number of nitrogen functional groups attached to an aromatic ring is 3. The highest BCUT2D eigenvalue weighted by atomic mass is 35.5. The zero-order chi connectivity index (χ0) is 26.0. The smallest absolute Gasteiger partial charge is 0.216 e. The van der Waals surface area contributed by atoms with Gasteiger partial charge in [-0.2, -0.15) is 0 Å². The summed E-state index contributed by atoms with van der Waals surface area (Å²) in [6, 6.07) is 13.6. The Morgan fingerprint density at radius 3 is 1.63 bits per heavy atom. The van der Waals surface area contributed by atoms with E-state index in [2.05, 4.69) is 19.9 Å². The van der Waals surface area contributed by atoms with E-state index in [0.29, 0.717) is 44.3 Å². The van der Waals surface area contributed by atoms with E-state index >= 15 is 0 Å². The Labute approximate surface area is 218 Å². The Hall–Kier alpha value is -3.53. The van der Waals surface area contributed by atoms with Gasteiger partial charge in [0.1, 0.15) is 15.5 Å². The van der Waals surface area contributed by atoms with Gasteiger partial charge in [0.2, 0.25) is 11.8 Å². The molecule has 0 saturated carbocycles. The molecule has 9 nitrogen and oxygen atoms in total. The van der Waals surface area contributed by atoms with Crippen LogP contribution in [0, 0.1) is 6.92 Å². The first kappa shape index (κ1) is 27.7. The van der Waals surface area contributed by atoms with Crippen molar-refractivity contribution in [1.82, 2.24) is 19.9 Å². The molecule has 0 aliphatic rings. The summed E-state index contributed by atoms with van der Waals surface area (Å²) >= 11 is 16.5. The van der Waals surface area contributed by atoms with Gasteiger partial charge in [-0.3, -0.25) is 4.98 Å². The quantitative estimate of drug-likeness (QED) is 0.295. The molecular weight excluding hydrogens is 513 g/mol. The van der Waals surface area contributed by atoms with Crippen molar-refractivity contribution in [3.05, 3.63) is 75.9 Å². The summed E-state index contributed by atoms with van der Waals surface area (Å²) in [5.41, 5.74) is 21.0. The molecule has 0 radical (unpaired) electrons. The summed E-state index contributed by atoms with van der Waals surface area (Å²) in [6.45, 7) is 1.94. The topological polar surface area (TPSA) is 148 Å². The molecule has 4 aromatic heterocycles. The van der Waals surface area contributed by atoms with Crippen LogP contribution in [0.1, 0.15) is 5.69 Å². The maximum Gasteiger partial charge on any atom is 0.216 e. The zero-order valence-electron chi connectivity index (χ0n) is 19.2. The number of ether oxygens (including phenoxy) is 2. The molecule has 35 heavy (non-hydrogen) atoms. The van der Waals surface area contributed by atoms with Crippen molar-refractivity contribution < 1.29 is 9.47 Å². The van der Waals surface area contributed by atoms with Crippen LogP contribution in [-0.2, 0) is 0 Å². The number of aromatic nitrogens is 4. The van der Waals surface area contributed by atoms with Crippen molar-refractivity contribution in [2.24, 2.45) is 0 Å². The van der Waals surface area contributed by atoms with E-state index in [-0.39, 0.29) is 0 Å². The van der Waals surface area contributed by atoms with E-state index in [4.69, 9.17) is 61.5 Å². The molecule has 0 unspecified atom stereocenters. The standard InChI is InChI=1S/C12H13N3O.C6H7ClN2O.C5H4Cl2N2/c1-8-5-9(3-4-14-8)11-6-10(13)7-12(15-11)16-2;1-10-6-3-4(8)2-5(7)9-6;6-4-1-3(8)2-5(7)9-4/h3-7H,1-2H3,(H2,13,15);2-3H,1H3,(H2,8,9);1-2H,(H2,8,9). The molecule has 0 atom stereocenters. The molecule has 12 heteroatoms. The van der Waals surface area contributed by atoms with E-state index in [0.717, 1.165) is 17.0 Å². The van der Waals surface area contributed by atoms with Crippen molar-refractivity contribution in [2.75, 3.05) is 31.4 Å². The van der Waals surface area contributed by atoms with E-state index in [9.17, 15) is 0 Å². The van der Waals surface area contributed by atoms with Gasteiger partial charge in [-0.1, -0.05) is 34.8 Å². The second-order valence-corrected chi connectivity index (χ2v) is 7.99. The van der Waals surface area contributed by atoms with Crippen molar-refractivity contribution in [2.45, 2.75) is 6.92 Å². The Balaban J connectivity index is 0.000000197. The molecule has 0 fully saturated rings. The number of nitrogens with two attached hydrogens (primary N) is 3. The largest absolute Gasteiger partial charge is 0.481 e. The first-order valence-electron chi connectivity index (χ1n) is 9.89. The van der Waals surface area contributed by atoms with Gasteiger partial charge >= 0.3 is 0 Å². The average molecular weight is 537 g/mol. The predicted molar refractivity (Wildman–Crippen MR) is 142 cm³/mol. The molecule has 0 bridgehead atoms. The lowest BCUT2D eigenvalue weighted by molar-refractivity contribution is 0.398. The summed E-state index contributed by atoms with van der Waals surface area (Å²) in [7, 11) is 3.08. The number of methoxy groups -OCH3 is 2. The molecule has 0 aromatic carbocycles. The second kappa shape index (κ2) is 13.4. The van der Waals surface area contributed by atoms with E-state index < -0.39 is 0 Å². The molecule has 0 aliphatic heterocycles. The fourth-order valence-corrected chi connectivity index (χ4v) is 3.25. The molecule has 0 aliphatic carbocycles. The summed E-state index contributed by atoms with van der Waals surface area (Å²) in [5.74, 6) is 0.953. The molecule has 0 amide bonds. The third kappa shape index (κ3) is 9.70. The predicted octanol–water partition coefficient (Wildman–Crippen LogP) is 5.34. The number of hydrogen-bond acceptors (Lipinski definition) is 9. The molecule has 6 N–H and O–H groups in total. The average Bonchev–Trinajstić information content (AvgIpc) is 2.78. The first-order valence-corrected chi connectivity index (χ1v) is 11.0. The van der Waals surface area contributed by atoms with Crippen LogP contribution in [-0.4, -0.2) is 34.2 Å². The van der Waals surface area contributed by atoms with Crippen molar-refractivity contribution in [3.8, 4) is 23.0 Å². The highest BCUT2D eigenvalue weighted by Gasteiger charge is 2.04. The van der Waals surface area contributed by atoms with Gasteiger partial charge in [0.05, 0.1) is 19.9 Å². The lowest BCUT2D eigenvalue weighted by Crippen LogP contribution is -1.94.